The lowest BCUT2D eigenvalue weighted by Gasteiger charge is -2.04. The fourth-order valence-electron chi connectivity index (χ4n) is 1.56. The van der Waals surface area contributed by atoms with E-state index in [4.69, 9.17) is 34.8 Å². The van der Waals surface area contributed by atoms with Gasteiger partial charge in [0.15, 0.2) is 0 Å². The molecule has 1 aromatic heterocycles. The molecule has 90 valence electrons. The zero-order valence-electron chi connectivity index (χ0n) is 9.04. The molecule has 0 saturated carbocycles. The number of rotatable bonds is 4. The first kappa shape index (κ1) is 12.7. The summed E-state index contributed by atoms with van der Waals surface area (Å²) in [5.41, 5.74) is 1.98. The molecule has 0 atom stereocenters. The van der Waals surface area contributed by atoms with Gasteiger partial charge in [-0.25, -0.2) is 4.68 Å². The van der Waals surface area contributed by atoms with E-state index in [0.29, 0.717) is 15.9 Å². The predicted octanol–water partition coefficient (Wildman–Crippen LogP) is 4.35. The second-order valence-electron chi connectivity index (χ2n) is 3.68. The molecule has 0 N–H and O–H groups in total. The standard InChI is InChI=1S/C12H11Cl3N2/c13-5-1-2-9-7-16-17(8-9)12-4-3-10(14)6-11(12)15/h3-4,6-8H,1-2,5H2. The number of aryl methyl sites for hydroxylation is 1. The molecular weight excluding hydrogens is 279 g/mol. The molecule has 5 heteroatoms. The molecule has 0 radical (unpaired) electrons. The predicted molar refractivity (Wildman–Crippen MR) is 72.6 cm³/mol. The van der Waals surface area contributed by atoms with Crippen LogP contribution in [0, 0.1) is 0 Å². The molecule has 0 unspecified atom stereocenters. The largest absolute Gasteiger partial charge is 0.239 e. The van der Waals surface area contributed by atoms with Gasteiger partial charge in [-0.15, -0.1) is 11.6 Å². The van der Waals surface area contributed by atoms with Crippen molar-refractivity contribution in [2.24, 2.45) is 0 Å². The Balaban J connectivity index is 2.24. The Hall–Kier alpha value is -0.700. The van der Waals surface area contributed by atoms with Crippen molar-refractivity contribution in [2.45, 2.75) is 12.8 Å². The normalized spacial score (nSPS) is 10.8. The van der Waals surface area contributed by atoms with Gasteiger partial charge in [0.05, 0.1) is 16.9 Å². The van der Waals surface area contributed by atoms with Crippen molar-refractivity contribution in [3.63, 3.8) is 0 Å². The van der Waals surface area contributed by atoms with Crippen LogP contribution in [0.1, 0.15) is 12.0 Å². The Morgan fingerprint density at radius 2 is 2.06 bits per heavy atom. The maximum Gasteiger partial charge on any atom is 0.0832 e. The van der Waals surface area contributed by atoms with Crippen molar-refractivity contribution in [1.29, 1.82) is 0 Å². The van der Waals surface area contributed by atoms with Crippen molar-refractivity contribution in [3.05, 3.63) is 46.2 Å². The molecule has 2 nitrogen and oxygen atoms in total. The van der Waals surface area contributed by atoms with Crippen LogP contribution in [0.3, 0.4) is 0 Å². The number of aromatic nitrogens is 2. The third-order valence-corrected chi connectivity index (χ3v) is 3.20. The van der Waals surface area contributed by atoms with Gasteiger partial charge >= 0.3 is 0 Å². The third-order valence-electron chi connectivity index (χ3n) is 2.39. The number of alkyl halides is 1. The van der Waals surface area contributed by atoms with Crippen LogP contribution in [0.2, 0.25) is 10.0 Å². The van der Waals surface area contributed by atoms with Gasteiger partial charge < -0.3 is 0 Å². The highest BCUT2D eigenvalue weighted by Crippen LogP contribution is 2.24. The van der Waals surface area contributed by atoms with Crippen LogP contribution in [0.4, 0.5) is 0 Å². The highest BCUT2D eigenvalue weighted by atomic mass is 35.5. The van der Waals surface area contributed by atoms with Crippen molar-refractivity contribution in [2.75, 3.05) is 5.88 Å². The van der Waals surface area contributed by atoms with Gasteiger partial charge in [-0.05, 0) is 36.6 Å². The number of hydrogen-bond donors (Lipinski definition) is 0. The summed E-state index contributed by atoms with van der Waals surface area (Å²) in [7, 11) is 0. The third kappa shape index (κ3) is 3.15. The Labute approximate surface area is 115 Å². The molecule has 0 fully saturated rings. The quantitative estimate of drug-likeness (QED) is 0.765. The Kier molecular flexibility index (Phi) is 4.32. The lowest BCUT2D eigenvalue weighted by Crippen LogP contribution is -1.95. The Morgan fingerprint density at radius 3 is 2.76 bits per heavy atom. The summed E-state index contributed by atoms with van der Waals surface area (Å²) < 4.78 is 1.75. The fraction of sp³-hybridized carbons (Fsp3) is 0.250. The van der Waals surface area contributed by atoms with E-state index in [0.717, 1.165) is 24.1 Å². The van der Waals surface area contributed by atoms with E-state index >= 15 is 0 Å². The number of hydrogen-bond acceptors (Lipinski definition) is 1. The molecule has 0 spiro atoms. The van der Waals surface area contributed by atoms with Crippen LogP contribution in [-0.4, -0.2) is 15.7 Å². The van der Waals surface area contributed by atoms with Crippen molar-refractivity contribution < 1.29 is 0 Å². The average Bonchev–Trinajstić information content (AvgIpc) is 2.75. The van der Waals surface area contributed by atoms with E-state index in [2.05, 4.69) is 5.10 Å². The molecule has 0 aliphatic rings. The fourth-order valence-corrected chi connectivity index (χ4v) is 2.19. The smallest absolute Gasteiger partial charge is 0.0832 e. The molecule has 2 aromatic rings. The van der Waals surface area contributed by atoms with Crippen molar-refractivity contribution in [3.8, 4) is 5.69 Å². The molecule has 2 rings (SSSR count). The number of halogens is 3. The minimum absolute atomic E-state index is 0.587. The summed E-state index contributed by atoms with van der Waals surface area (Å²) in [6.07, 6.45) is 5.66. The first-order chi connectivity index (χ1) is 8.20. The average molecular weight is 290 g/mol. The summed E-state index contributed by atoms with van der Waals surface area (Å²) in [5.74, 6) is 0.660. The van der Waals surface area contributed by atoms with Gasteiger partial charge in [-0.3, -0.25) is 0 Å². The second-order valence-corrected chi connectivity index (χ2v) is 4.90. The summed E-state index contributed by atoms with van der Waals surface area (Å²) in [6, 6.07) is 5.35. The van der Waals surface area contributed by atoms with Crippen LogP contribution in [-0.2, 0) is 6.42 Å². The second kappa shape index (κ2) is 5.76. The van der Waals surface area contributed by atoms with Gasteiger partial charge in [0, 0.05) is 17.1 Å². The first-order valence-electron chi connectivity index (χ1n) is 5.25. The lowest BCUT2D eigenvalue weighted by molar-refractivity contribution is 0.878. The summed E-state index contributed by atoms with van der Waals surface area (Å²) >= 11 is 17.6. The minimum Gasteiger partial charge on any atom is -0.239 e. The lowest BCUT2D eigenvalue weighted by atomic mass is 10.2. The van der Waals surface area contributed by atoms with E-state index in [9.17, 15) is 0 Å². The zero-order valence-corrected chi connectivity index (χ0v) is 11.3. The summed E-state index contributed by atoms with van der Waals surface area (Å²) in [5, 5.41) is 5.48. The molecule has 0 aliphatic carbocycles. The van der Waals surface area contributed by atoms with E-state index in [-0.39, 0.29) is 0 Å². The zero-order chi connectivity index (χ0) is 12.3. The van der Waals surface area contributed by atoms with Gasteiger partial charge in [0.2, 0.25) is 0 Å². The number of benzene rings is 1. The SMILES string of the molecule is ClCCCc1cnn(-c2ccc(Cl)cc2Cl)c1. The first-order valence-corrected chi connectivity index (χ1v) is 6.54. The Morgan fingerprint density at radius 1 is 1.24 bits per heavy atom. The molecule has 0 aliphatic heterocycles. The highest BCUT2D eigenvalue weighted by Gasteiger charge is 2.05. The maximum absolute atomic E-state index is 6.11. The van der Waals surface area contributed by atoms with Crippen molar-refractivity contribution in [1.82, 2.24) is 9.78 Å². The van der Waals surface area contributed by atoms with E-state index in [1.807, 2.05) is 18.5 Å². The highest BCUT2D eigenvalue weighted by molar-refractivity contribution is 6.35. The maximum atomic E-state index is 6.11. The van der Waals surface area contributed by atoms with E-state index < -0.39 is 0 Å². The van der Waals surface area contributed by atoms with Crippen LogP contribution >= 0.6 is 34.8 Å². The molecule has 1 aromatic carbocycles. The topological polar surface area (TPSA) is 17.8 Å². The van der Waals surface area contributed by atoms with Crippen LogP contribution in [0.25, 0.3) is 5.69 Å². The van der Waals surface area contributed by atoms with Gasteiger partial charge in [0.25, 0.3) is 0 Å². The summed E-state index contributed by atoms with van der Waals surface area (Å²) in [4.78, 5) is 0. The van der Waals surface area contributed by atoms with Crippen molar-refractivity contribution >= 4 is 34.8 Å². The minimum atomic E-state index is 0.587. The molecule has 0 amide bonds. The molecular formula is C12H11Cl3N2. The van der Waals surface area contributed by atoms with Gasteiger partial charge in [-0.2, -0.15) is 5.10 Å². The van der Waals surface area contributed by atoms with Gasteiger partial charge in [-0.1, -0.05) is 23.2 Å². The molecule has 17 heavy (non-hydrogen) atoms. The van der Waals surface area contributed by atoms with Gasteiger partial charge in [0.1, 0.15) is 0 Å². The van der Waals surface area contributed by atoms with E-state index in [1.165, 1.54) is 0 Å². The van der Waals surface area contributed by atoms with E-state index in [1.54, 1.807) is 16.8 Å². The summed E-state index contributed by atoms with van der Waals surface area (Å²) in [6.45, 7) is 0. The Bertz CT molecular complexity index is 508. The molecule has 0 saturated heterocycles. The molecule has 1 heterocycles. The van der Waals surface area contributed by atoms with Crippen LogP contribution < -0.4 is 0 Å². The monoisotopic (exact) mass is 288 g/mol. The van der Waals surface area contributed by atoms with Crippen LogP contribution in [0.5, 0.6) is 0 Å². The number of nitrogens with zero attached hydrogens (tertiary/aromatic N) is 2. The molecule has 0 bridgehead atoms. The van der Waals surface area contributed by atoms with Crippen LogP contribution in [0.15, 0.2) is 30.6 Å².